The van der Waals surface area contributed by atoms with E-state index in [-0.39, 0.29) is 24.4 Å². The van der Waals surface area contributed by atoms with Crippen molar-refractivity contribution in [2.75, 3.05) is 11.9 Å². The summed E-state index contributed by atoms with van der Waals surface area (Å²) >= 11 is 12.1. The summed E-state index contributed by atoms with van der Waals surface area (Å²) in [6.45, 7) is 6.38. The van der Waals surface area contributed by atoms with Crippen LogP contribution in [0.15, 0.2) is 77.3 Å². The molecule has 0 radical (unpaired) electrons. The molecule has 1 saturated heterocycles. The first kappa shape index (κ1) is 25.9. The maximum atomic E-state index is 12.9. The molecule has 1 amide bonds. The number of pyridine rings is 1. The summed E-state index contributed by atoms with van der Waals surface area (Å²) in [5, 5.41) is 7.70. The summed E-state index contributed by atoms with van der Waals surface area (Å²) in [5.41, 5.74) is 5.69. The fourth-order valence-electron chi connectivity index (χ4n) is 4.67. The summed E-state index contributed by atoms with van der Waals surface area (Å²) in [6.07, 6.45) is 2.03. The molecule has 0 saturated carbocycles. The van der Waals surface area contributed by atoms with E-state index in [1.54, 1.807) is 6.20 Å². The highest BCUT2D eigenvalue weighted by Crippen LogP contribution is 2.40. The summed E-state index contributed by atoms with van der Waals surface area (Å²) in [5.74, 6) is 1.37. The van der Waals surface area contributed by atoms with Crippen molar-refractivity contribution in [2.45, 2.75) is 39.3 Å². The lowest BCUT2D eigenvalue weighted by molar-refractivity contribution is -0.116. The van der Waals surface area contributed by atoms with Gasteiger partial charge in [0, 0.05) is 35.4 Å². The smallest absolute Gasteiger partial charge is 0.226 e. The number of hydrogen-bond donors (Lipinski definition) is 2. The Labute approximate surface area is 233 Å². The number of rotatable bonds is 7. The zero-order valence-electron chi connectivity index (χ0n) is 21.5. The normalized spacial score (nSPS) is 16.9. The zero-order valence-corrected chi connectivity index (χ0v) is 23.1. The minimum Gasteiger partial charge on any atom is -0.459 e. The first-order chi connectivity index (χ1) is 18.3. The van der Waals surface area contributed by atoms with Gasteiger partial charge in [-0.1, -0.05) is 41.9 Å². The van der Waals surface area contributed by atoms with Gasteiger partial charge < -0.3 is 20.0 Å². The number of amides is 1. The summed E-state index contributed by atoms with van der Waals surface area (Å²) in [4.78, 5) is 19.5. The minimum absolute atomic E-state index is 0.0732. The van der Waals surface area contributed by atoms with Crippen LogP contribution < -0.4 is 10.6 Å². The number of carbonyl (C=O) groups excluding carboxylic acids is 1. The number of hydrogen-bond acceptors (Lipinski definition) is 4. The molecule has 1 aliphatic rings. The highest BCUT2D eigenvalue weighted by molar-refractivity contribution is 7.80. The Morgan fingerprint density at radius 3 is 2.66 bits per heavy atom. The molecule has 2 N–H and O–H groups in total. The molecule has 2 unspecified atom stereocenters. The van der Waals surface area contributed by atoms with Gasteiger partial charge in [0.25, 0.3) is 0 Å². The molecule has 2 aromatic carbocycles. The van der Waals surface area contributed by atoms with Crippen molar-refractivity contribution in [2.24, 2.45) is 0 Å². The van der Waals surface area contributed by atoms with E-state index >= 15 is 0 Å². The van der Waals surface area contributed by atoms with Gasteiger partial charge >= 0.3 is 0 Å². The second kappa shape index (κ2) is 11.0. The molecular formula is C30H29ClN4O2S. The average molecular weight is 545 g/mol. The van der Waals surface area contributed by atoms with E-state index in [1.165, 1.54) is 0 Å². The average Bonchev–Trinajstić information content (AvgIpc) is 3.51. The summed E-state index contributed by atoms with van der Waals surface area (Å²) in [6, 6.07) is 21.1. The number of halogens is 1. The second-order valence-electron chi connectivity index (χ2n) is 9.60. The van der Waals surface area contributed by atoms with E-state index in [4.69, 9.17) is 28.2 Å². The van der Waals surface area contributed by atoms with Crippen LogP contribution in [-0.2, 0) is 4.79 Å². The zero-order chi connectivity index (χ0) is 26.8. The molecule has 6 nitrogen and oxygen atoms in total. The fourth-order valence-corrected chi connectivity index (χ4v) is 5.19. The van der Waals surface area contributed by atoms with Crippen molar-refractivity contribution in [3.63, 3.8) is 0 Å². The van der Waals surface area contributed by atoms with Crippen LogP contribution in [0, 0.1) is 20.8 Å². The lowest BCUT2D eigenvalue weighted by Gasteiger charge is -2.26. The van der Waals surface area contributed by atoms with E-state index in [0.29, 0.717) is 22.4 Å². The molecule has 0 bridgehead atoms. The summed E-state index contributed by atoms with van der Waals surface area (Å²) < 4.78 is 6.38. The number of thiocarbonyl (C=S) groups is 1. The third-order valence-electron chi connectivity index (χ3n) is 6.82. The number of benzene rings is 2. The molecule has 38 heavy (non-hydrogen) atoms. The molecule has 2 aromatic heterocycles. The first-order valence-electron chi connectivity index (χ1n) is 12.5. The molecule has 194 valence electrons. The second-order valence-corrected chi connectivity index (χ2v) is 10.4. The number of aromatic nitrogens is 1. The Hall–Kier alpha value is -3.68. The van der Waals surface area contributed by atoms with Crippen LogP contribution in [-0.4, -0.2) is 27.4 Å². The number of aryl methyl sites for hydroxylation is 3. The molecule has 4 aromatic rings. The standard InChI is InChI=1S/C30H29ClN4O2S/c1-18-7-8-20(3)24(16-18)33-27(36)13-15-35-29(28(34-30(35)38)23-6-4-5-14-32-23)26-12-11-25(37-26)21-10-9-19(2)22(31)17-21/h4-12,14,16-17,28-29H,13,15H2,1-3H3,(H,33,36)(H,34,38). The van der Waals surface area contributed by atoms with Crippen LogP contribution in [0.3, 0.4) is 0 Å². The number of nitrogens with one attached hydrogen (secondary N) is 2. The Kier molecular flexibility index (Phi) is 7.49. The van der Waals surface area contributed by atoms with Gasteiger partial charge in [-0.2, -0.15) is 0 Å². The van der Waals surface area contributed by atoms with Gasteiger partial charge in [0.2, 0.25) is 5.91 Å². The Balaban J connectivity index is 1.40. The quantitative estimate of drug-likeness (QED) is 0.246. The van der Waals surface area contributed by atoms with Gasteiger partial charge in [-0.05, 0) is 86.1 Å². The van der Waals surface area contributed by atoms with Gasteiger partial charge in [-0.3, -0.25) is 9.78 Å². The van der Waals surface area contributed by atoms with E-state index in [2.05, 4.69) is 15.6 Å². The maximum Gasteiger partial charge on any atom is 0.226 e. The molecule has 1 fully saturated rings. The van der Waals surface area contributed by atoms with Crippen molar-refractivity contribution in [1.82, 2.24) is 15.2 Å². The molecule has 3 heterocycles. The van der Waals surface area contributed by atoms with E-state index in [1.807, 2.05) is 92.4 Å². The van der Waals surface area contributed by atoms with Crippen molar-refractivity contribution in [3.05, 3.63) is 106 Å². The highest BCUT2D eigenvalue weighted by atomic mass is 35.5. The molecule has 0 aliphatic carbocycles. The molecule has 5 rings (SSSR count). The topological polar surface area (TPSA) is 70.4 Å². The largest absolute Gasteiger partial charge is 0.459 e. The highest BCUT2D eigenvalue weighted by Gasteiger charge is 2.41. The predicted octanol–water partition coefficient (Wildman–Crippen LogP) is 6.92. The van der Waals surface area contributed by atoms with E-state index in [9.17, 15) is 4.79 Å². The van der Waals surface area contributed by atoms with Gasteiger partial charge in [0.05, 0.1) is 11.7 Å². The predicted molar refractivity (Wildman–Crippen MR) is 155 cm³/mol. The molecule has 8 heteroatoms. The SMILES string of the molecule is Cc1ccc(C)c(NC(=O)CCN2C(=S)NC(c3ccccn3)C2c2ccc(-c3ccc(C)c(Cl)c3)o2)c1. The first-order valence-corrected chi connectivity index (χ1v) is 13.3. The van der Waals surface area contributed by atoms with E-state index in [0.717, 1.165) is 39.4 Å². The van der Waals surface area contributed by atoms with Crippen LogP contribution in [0.2, 0.25) is 5.02 Å². The van der Waals surface area contributed by atoms with Crippen LogP contribution in [0.5, 0.6) is 0 Å². The third-order valence-corrected chi connectivity index (χ3v) is 7.58. The van der Waals surface area contributed by atoms with Gasteiger partial charge in [0.15, 0.2) is 5.11 Å². The Bertz CT molecular complexity index is 1490. The maximum absolute atomic E-state index is 12.9. The molecular weight excluding hydrogens is 516 g/mol. The third kappa shape index (κ3) is 5.44. The minimum atomic E-state index is -0.277. The van der Waals surface area contributed by atoms with Crippen LogP contribution in [0.4, 0.5) is 5.69 Å². The van der Waals surface area contributed by atoms with Crippen LogP contribution >= 0.6 is 23.8 Å². The van der Waals surface area contributed by atoms with Crippen molar-refractivity contribution in [1.29, 1.82) is 0 Å². The lowest BCUT2D eigenvalue weighted by atomic mass is 10.0. The number of carbonyl (C=O) groups is 1. The van der Waals surface area contributed by atoms with Gasteiger partial charge in [-0.25, -0.2) is 0 Å². The lowest BCUT2D eigenvalue weighted by Crippen LogP contribution is -2.32. The number of furan rings is 1. The fraction of sp³-hybridized carbons (Fsp3) is 0.233. The van der Waals surface area contributed by atoms with Crippen LogP contribution in [0.25, 0.3) is 11.3 Å². The van der Waals surface area contributed by atoms with Gasteiger partial charge in [0.1, 0.15) is 17.6 Å². The van der Waals surface area contributed by atoms with Crippen molar-refractivity contribution < 1.29 is 9.21 Å². The Morgan fingerprint density at radius 2 is 1.89 bits per heavy atom. The Morgan fingerprint density at radius 1 is 1.08 bits per heavy atom. The van der Waals surface area contributed by atoms with Crippen molar-refractivity contribution >= 4 is 40.5 Å². The monoisotopic (exact) mass is 544 g/mol. The molecule has 2 atom stereocenters. The van der Waals surface area contributed by atoms with Crippen molar-refractivity contribution in [3.8, 4) is 11.3 Å². The summed E-state index contributed by atoms with van der Waals surface area (Å²) in [7, 11) is 0. The molecule has 1 aliphatic heterocycles. The molecule has 0 spiro atoms. The van der Waals surface area contributed by atoms with E-state index < -0.39 is 0 Å². The number of nitrogens with zero attached hydrogens (tertiary/aromatic N) is 2. The van der Waals surface area contributed by atoms with Crippen LogP contribution in [0.1, 0.15) is 46.6 Å². The number of anilines is 1. The van der Waals surface area contributed by atoms with Gasteiger partial charge in [-0.15, -0.1) is 0 Å².